The van der Waals surface area contributed by atoms with Gasteiger partial charge in [0.25, 0.3) is 0 Å². The summed E-state index contributed by atoms with van der Waals surface area (Å²) in [5.74, 6) is 0.511. The maximum absolute atomic E-state index is 12.0. The van der Waals surface area contributed by atoms with E-state index < -0.39 is 6.04 Å². The predicted octanol–water partition coefficient (Wildman–Crippen LogP) is 3.07. The second kappa shape index (κ2) is 7.24. The summed E-state index contributed by atoms with van der Waals surface area (Å²) >= 11 is 1.65. The summed E-state index contributed by atoms with van der Waals surface area (Å²) in [7, 11) is 3.04. The molecule has 1 aromatic heterocycles. The van der Waals surface area contributed by atoms with E-state index in [1.165, 1.54) is 12.0 Å². The van der Waals surface area contributed by atoms with Gasteiger partial charge in [-0.15, -0.1) is 11.3 Å². The molecule has 0 aliphatic carbocycles. The largest absolute Gasteiger partial charge is 0.496 e. The summed E-state index contributed by atoms with van der Waals surface area (Å²) in [5.41, 5.74) is 1.86. The average molecular weight is 305 g/mol. The van der Waals surface area contributed by atoms with E-state index >= 15 is 0 Å². The fraction of sp³-hybridized carbons (Fsp3) is 0.312. The molecule has 0 saturated heterocycles. The SMILES string of the molecule is COC(=O)C(NCc1cccs1)c1ccc(OC)c(C)c1. The molecular weight excluding hydrogens is 286 g/mol. The summed E-state index contributed by atoms with van der Waals surface area (Å²) in [6.07, 6.45) is 0. The van der Waals surface area contributed by atoms with Gasteiger partial charge in [0.15, 0.2) is 0 Å². The molecule has 5 heteroatoms. The van der Waals surface area contributed by atoms with Crippen molar-refractivity contribution in [3.05, 3.63) is 51.7 Å². The Morgan fingerprint density at radius 3 is 2.71 bits per heavy atom. The van der Waals surface area contributed by atoms with Crippen LogP contribution < -0.4 is 10.1 Å². The van der Waals surface area contributed by atoms with Crippen LogP contribution in [0.25, 0.3) is 0 Å². The number of nitrogens with one attached hydrogen (secondary N) is 1. The third kappa shape index (κ3) is 3.83. The lowest BCUT2D eigenvalue weighted by Crippen LogP contribution is -2.29. The molecule has 1 heterocycles. The van der Waals surface area contributed by atoms with Gasteiger partial charge in [-0.2, -0.15) is 0 Å². The summed E-state index contributed by atoms with van der Waals surface area (Å²) < 4.78 is 10.2. The fourth-order valence-corrected chi connectivity index (χ4v) is 2.81. The molecule has 0 aliphatic rings. The molecule has 0 amide bonds. The molecule has 0 radical (unpaired) electrons. The number of methoxy groups -OCH3 is 2. The molecule has 0 saturated carbocycles. The zero-order valence-electron chi connectivity index (χ0n) is 12.4. The van der Waals surface area contributed by atoms with Crippen LogP contribution in [-0.2, 0) is 16.1 Å². The van der Waals surface area contributed by atoms with Crippen molar-refractivity contribution in [1.82, 2.24) is 5.32 Å². The number of ether oxygens (including phenoxy) is 2. The maximum Gasteiger partial charge on any atom is 0.327 e. The summed E-state index contributed by atoms with van der Waals surface area (Å²) in [5, 5.41) is 5.26. The minimum Gasteiger partial charge on any atom is -0.496 e. The van der Waals surface area contributed by atoms with Crippen LogP contribution in [0.15, 0.2) is 35.7 Å². The third-order valence-corrected chi connectivity index (χ3v) is 4.13. The molecular formula is C16H19NO3S. The van der Waals surface area contributed by atoms with E-state index in [0.29, 0.717) is 6.54 Å². The van der Waals surface area contributed by atoms with Crippen molar-refractivity contribution < 1.29 is 14.3 Å². The lowest BCUT2D eigenvalue weighted by Gasteiger charge is -2.17. The lowest BCUT2D eigenvalue weighted by molar-refractivity contribution is -0.143. The lowest BCUT2D eigenvalue weighted by atomic mass is 10.0. The molecule has 2 rings (SSSR count). The minimum absolute atomic E-state index is 0.295. The Balaban J connectivity index is 2.19. The highest BCUT2D eigenvalue weighted by atomic mass is 32.1. The normalized spacial score (nSPS) is 12.0. The smallest absolute Gasteiger partial charge is 0.327 e. The number of benzene rings is 1. The van der Waals surface area contributed by atoms with Crippen LogP contribution in [0.3, 0.4) is 0 Å². The van der Waals surface area contributed by atoms with Crippen LogP contribution in [0.2, 0.25) is 0 Å². The molecule has 1 N–H and O–H groups in total. The summed E-state index contributed by atoms with van der Waals surface area (Å²) in [6, 6.07) is 9.24. The Hall–Kier alpha value is -1.85. The van der Waals surface area contributed by atoms with Crippen molar-refractivity contribution in [1.29, 1.82) is 0 Å². The molecule has 0 bridgehead atoms. The standard InChI is InChI=1S/C16H19NO3S/c1-11-9-12(6-7-14(11)19-2)15(16(18)20-3)17-10-13-5-4-8-21-13/h4-9,15,17H,10H2,1-3H3. The third-order valence-electron chi connectivity index (χ3n) is 3.25. The van der Waals surface area contributed by atoms with Gasteiger partial charge in [-0.3, -0.25) is 5.32 Å². The quantitative estimate of drug-likeness (QED) is 0.833. The van der Waals surface area contributed by atoms with Gasteiger partial charge >= 0.3 is 5.97 Å². The van der Waals surface area contributed by atoms with Crippen LogP contribution in [0.4, 0.5) is 0 Å². The first-order valence-corrected chi connectivity index (χ1v) is 7.51. The Morgan fingerprint density at radius 2 is 2.14 bits per heavy atom. The summed E-state index contributed by atoms with van der Waals surface area (Å²) in [6.45, 7) is 2.58. The van der Waals surface area contributed by atoms with E-state index in [9.17, 15) is 4.79 Å². The Kier molecular flexibility index (Phi) is 5.36. The predicted molar refractivity (Wildman–Crippen MR) is 83.6 cm³/mol. The molecule has 2 aromatic rings. The van der Waals surface area contributed by atoms with Gasteiger partial charge in [-0.05, 0) is 35.6 Å². The molecule has 0 spiro atoms. The van der Waals surface area contributed by atoms with E-state index in [2.05, 4.69) is 5.32 Å². The van der Waals surface area contributed by atoms with Gasteiger partial charge in [0.05, 0.1) is 14.2 Å². The monoisotopic (exact) mass is 305 g/mol. The molecule has 0 aliphatic heterocycles. The molecule has 21 heavy (non-hydrogen) atoms. The molecule has 1 aromatic carbocycles. The van der Waals surface area contributed by atoms with E-state index in [4.69, 9.17) is 9.47 Å². The van der Waals surface area contributed by atoms with Gasteiger partial charge in [0, 0.05) is 11.4 Å². The highest BCUT2D eigenvalue weighted by Crippen LogP contribution is 2.24. The maximum atomic E-state index is 12.0. The fourth-order valence-electron chi connectivity index (χ4n) is 2.15. The van der Waals surface area contributed by atoms with Crippen molar-refractivity contribution >= 4 is 17.3 Å². The summed E-state index contributed by atoms with van der Waals surface area (Å²) in [4.78, 5) is 13.2. The number of rotatable bonds is 6. The highest BCUT2D eigenvalue weighted by Gasteiger charge is 2.21. The zero-order valence-corrected chi connectivity index (χ0v) is 13.2. The molecule has 112 valence electrons. The number of aryl methyl sites for hydroxylation is 1. The van der Waals surface area contributed by atoms with Gasteiger partial charge in [-0.1, -0.05) is 18.2 Å². The minimum atomic E-state index is -0.485. The topological polar surface area (TPSA) is 47.6 Å². The molecule has 1 unspecified atom stereocenters. The van der Waals surface area contributed by atoms with E-state index in [1.54, 1.807) is 18.4 Å². The van der Waals surface area contributed by atoms with Gasteiger partial charge in [-0.25, -0.2) is 4.79 Å². The first-order valence-electron chi connectivity index (χ1n) is 6.64. The van der Waals surface area contributed by atoms with Crippen LogP contribution >= 0.6 is 11.3 Å². The Bertz CT molecular complexity index is 596. The molecule has 1 atom stereocenters. The second-order valence-corrected chi connectivity index (χ2v) is 5.68. The highest BCUT2D eigenvalue weighted by molar-refractivity contribution is 7.09. The number of carbonyl (C=O) groups excluding carboxylic acids is 1. The van der Waals surface area contributed by atoms with Crippen LogP contribution in [0, 0.1) is 6.92 Å². The van der Waals surface area contributed by atoms with Gasteiger partial charge in [0.1, 0.15) is 11.8 Å². The van der Waals surface area contributed by atoms with Crippen LogP contribution in [0.5, 0.6) is 5.75 Å². The van der Waals surface area contributed by atoms with Crippen molar-refractivity contribution in [3.63, 3.8) is 0 Å². The first kappa shape index (κ1) is 15.5. The Labute approximate surface area is 128 Å². The van der Waals surface area contributed by atoms with Crippen molar-refractivity contribution in [2.75, 3.05) is 14.2 Å². The number of thiophene rings is 1. The number of hydrogen-bond donors (Lipinski definition) is 1. The van der Waals surface area contributed by atoms with Crippen molar-refractivity contribution in [3.8, 4) is 5.75 Å². The van der Waals surface area contributed by atoms with E-state index in [-0.39, 0.29) is 5.97 Å². The average Bonchev–Trinajstić information content (AvgIpc) is 3.00. The molecule has 0 fully saturated rings. The number of hydrogen-bond acceptors (Lipinski definition) is 5. The van der Waals surface area contributed by atoms with Crippen molar-refractivity contribution in [2.45, 2.75) is 19.5 Å². The van der Waals surface area contributed by atoms with Crippen molar-refractivity contribution in [2.24, 2.45) is 0 Å². The van der Waals surface area contributed by atoms with E-state index in [0.717, 1.165) is 16.9 Å². The van der Waals surface area contributed by atoms with Gasteiger partial charge in [0.2, 0.25) is 0 Å². The Morgan fingerprint density at radius 1 is 1.33 bits per heavy atom. The van der Waals surface area contributed by atoms with Crippen LogP contribution in [-0.4, -0.2) is 20.2 Å². The van der Waals surface area contributed by atoms with Crippen LogP contribution in [0.1, 0.15) is 22.0 Å². The van der Waals surface area contributed by atoms with Gasteiger partial charge < -0.3 is 9.47 Å². The second-order valence-electron chi connectivity index (χ2n) is 4.65. The zero-order chi connectivity index (χ0) is 15.2. The molecule has 4 nitrogen and oxygen atoms in total. The van der Waals surface area contributed by atoms with E-state index in [1.807, 2.05) is 42.6 Å². The number of esters is 1. The number of carbonyl (C=O) groups is 1. The first-order chi connectivity index (χ1) is 10.2.